The standard InChI is InChI=1S/C24H28FN3O7S2/c1-14-18-10-19-21(11-20(18)28(37(5,31)32)12-17(34-14)13-36(4,29)30)35-23(15-6-8-16(25)9-7-15)22(19)24(26-2)27-33-3/h6-11,14,17H,12-13H2,1-5H3,(H,26,27)/t14-,17-/m0/s1. The van der Waals surface area contributed by atoms with Gasteiger partial charge in [0.2, 0.25) is 10.0 Å². The topological polar surface area (TPSA) is 128 Å². The highest BCUT2D eigenvalue weighted by Crippen LogP contribution is 2.42. The summed E-state index contributed by atoms with van der Waals surface area (Å²) in [7, 11) is -4.27. The van der Waals surface area contributed by atoms with Gasteiger partial charge in [0.25, 0.3) is 0 Å². The van der Waals surface area contributed by atoms with Gasteiger partial charge in [-0.25, -0.2) is 26.7 Å². The fraction of sp³-hybridized carbons (Fsp3) is 0.375. The molecule has 1 aliphatic heterocycles. The first kappa shape index (κ1) is 27.0. The number of anilines is 1. The lowest BCUT2D eigenvalue weighted by molar-refractivity contribution is 0.0193. The molecule has 0 spiro atoms. The van der Waals surface area contributed by atoms with E-state index < -0.39 is 37.9 Å². The number of sulfone groups is 1. The lowest BCUT2D eigenvalue weighted by atomic mass is 10.0. The van der Waals surface area contributed by atoms with Gasteiger partial charge in [0.1, 0.15) is 27.0 Å². The zero-order valence-electron chi connectivity index (χ0n) is 21.0. The molecule has 2 aromatic carbocycles. The average molecular weight is 554 g/mol. The van der Waals surface area contributed by atoms with Gasteiger partial charge in [0.05, 0.1) is 49.1 Å². The minimum Gasteiger partial charge on any atom is -0.455 e. The number of ether oxygens (including phenoxy) is 1. The lowest BCUT2D eigenvalue weighted by Gasteiger charge is -2.24. The number of sulfonamides is 1. The van der Waals surface area contributed by atoms with Crippen molar-refractivity contribution in [3.8, 4) is 11.3 Å². The molecule has 0 aliphatic carbocycles. The Balaban J connectivity index is 1.99. The van der Waals surface area contributed by atoms with E-state index >= 15 is 0 Å². The number of furan rings is 1. The number of nitrogens with one attached hydrogen (secondary N) is 1. The molecule has 3 aromatic rings. The Labute approximate surface area is 215 Å². The molecule has 13 heteroatoms. The van der Waals surface area contributed by atoms with E-state index in [0.29, 0.717) is 44.9 Å². The Morgan fingerprint density at radius 3 is 2.43 bits per heavy atom. The normalized spacial score (nSPS) is 19.1. The molecule has 0 radical (unpaired) electrons. The Morgan fingerprint density at radius 1 is 1.19 bits per heavy atom. The van der Waals surface area contributed by atoms with Crippen LogP contribution in [-0.4, -0.2) is 67.7 Å². The van der Waals surface area contributed by atoms with Crippen LogP contribution < -0.4 is 9.79 Å². The van der Waals surface area contributed by atoms with Gasteiger partial charge in [-0.05, 0) is 37.3 Å². The molecule has 1 aliphatic rings. The number of halogens is 1. The van der Waals surface area contributed by atoms with E-state index in [2.05, 4.69) is 10.5 Å². The van der Waals surface area contributed by atoms with Gasteiger partial charge >= 0.3 is 0 Å². The second-order valence-corrected chi connectivity index (χ2v) is 13.0. The number of hydroxylamine groups is 1. The summed E-state index contributed by atoms with van der Waals surface area (Å²) in [6, 6.07) is 9.06. The number of amidine groups is 1. The maximum absolute atomic E-state index is 13.6. The van der Waals surface area contributed by atoms with Crippen molar-refractivity contribution in [2.24, 2.45) is 4.99 Å². The van der Waals surface area contributed by atoms with Gasteiger partial charge in [0, 0.05) is 35.9 Å². The van der Waals surface area contributed by atoms with Crippen LogP contribution in [0.2, 0.25) is 0 Å². The monoisotopic (exact) mass is 553 g/mol. The molecule has 1 aromatic heterocycles. The van der Waals surface area contributed by atoms with Crippen LogP contribution in [0.5, 0.6) is 0 Å². The SMILES string of the molecule is CN=C(NOC)c1c(-c2ccc(F)cc2)oc2cc3c(cc12)[C@H](C)O[C@H](CS(C)(=O)=O)CN3S(C)(=O)=O. The summed E-state index contributed by atoms with van der Waals surface area (Å²) < 4.78 is 76.6. The predicted octanol–water partition coefficient (Wildman–Crippen LogP) is 3.04. The minimum absolute atomic E-state index is 0.181. The summed E-state index contributed by atoms with van der Waals surface area (Å²) in [6.07, 6.45) is 0.605. The molecular formula is C24H28FN3O7S2. The molecule has 10 nitrogen and oxygen atoms in total. The van der Waals surface area contributed by atoms with Crippen LogP contribution in [0.25, 0.3) is 22.3 Å². The van der Waals surface area contributed by atoms with Gasteiger partial charge in [0.15, 0.2) is 5.84 Å². The molecule has 0 amide bonds. The highest BCUT2D eigenvalue weighted by atomic mass is 32.2. The summed E-state index contributed by atoms with van der Waals surface area (Å²) >= 11 is 0. The smallest absolute Gasteiger partial charge is 0.232 e. The zero-order chi connectivity index (χ0) is 27.1. The van der Waals surface area contributed by atoms with Crippen LogP contribution in [0.4, 0.5) is 10.1 Å². The van der Waals surface area contributed by atoms with Crippen molar-refractivity contribution in [3.63, 3.8) is 0 Å². The highest BCUT2D eigenvalue weighted by molar-refractivity contribution is 7.92. The lowest BCUT2D eigenvalue weighted by Crippen LogP contribution is -2.39. The van der Waals surface area contributed by atoms with E-state index in [1.807, 2.05) is 0 Å². The largest absolute Gasteiger partial charge is 0.455 e. The molecule has 2 heterocycles. The second kappa shape index (κ2) is 10.0. The second-order valence-electron chi connectivity index (χ2n) is 8.89. The molecule has 0 saturated carbocycles. The van der Waals surface area contributed by atoms with E-state index in [1.54, 1.807) is 38.2 Å². The first-order valence-corrected chi connectivity index (χ1v) is 15.2. The van der Waals surface area contributed by atoms with Crippen LogP contribution in [-0.2, 0) is 29.4 Å². The Morgan fingerprint density at radius 2 is 1.86 bits per heavy atom. The van der Waals surface area contributed by atoms with E-state index in [1.165, 1.54) is 19.2 Å². The molecular weight excluding hydrogens is 525 g/mol. The van der Waals surface area contributed by atoms with Crippen molar-refractivity contribution in [3.05, 3.63) is 53.3 Å². The Bertz CT molecular complexity index is 1570. The van der Waals surface area contributed by atoms with Crippen LogP contribution >= 0.6 is 0 Å². The van der Waals surface area contributed by atoms with Crippen LogP contribution in [0.3, 0.4) is 0 Å². The summed E-state index contributed by atoms with van der Waals surface area (Å²) in [5.74, 6) is -0.0454. The number of hydrogen-bond donors (Lipinski definition) is 1. The molecule has 2 atom stereocenters. The van der Waals surface area contributed by atoms with Crippen molar-refractivity contribution < 1.29 is 35.2 Å². The first-order valence-electron chi connectivity index (χ1n) is 11.3. The number of hydrogen-bond acceptors (Lipinski definition) is 8. The third kappa shape index (κ3) is 5.64. The molecule has 0 bridgehead atoms. The van der Waals surface area contributed by atoms with Crippen molar-refractivity contribution >= 4 is 42.4 Å². The number of fused-ring (bicyclic) bond motifs is 2. The Hall–Kier alpha value is -3.00. The predicted molar refractivity (Wildman–Crippen MR) is 139 cm³/mol. The van der Waals surface area contributed by atoms with Gasteiger partial charge in [-0.15, -0.1) is 0 Å². The molecule has 1 N–H and O–H groups in total. The number of rotatable bonds is 6. The summed E-state index contributed by atoms with van der Waals surface area (Å²) in [4.78, 5) is 9.37. The molecule has 200 valence electrons. The van der Waals surface area contributed by atoms with Crippen molar-refractivity contribution in [1.82, 2.24) is 5.48 Å². The average Bonchev–Trinajstić information content (AvgIpc) is 3.10. The minimum atomic E-state index is -3.81. The zero-order valence-corrected chi connectivity index (χ0v) is 22.6. The third-order valence-electron chi connectivity index (χ3n) is 5.96. The third-order valence-corrected chi connectivity index (χ3v) is 8.09. The van der Waals surface area contributed by atoms with Gasteiger partial charge in [-0.2, -0.15) is 0 Å². The highest BCUT2D eigenvalue weighted by Gasteiger charge is 2.34. The maximum atomic E-state index is 13.6. The fourth-order valence-corrected chi connectivity index (χ4v) is 6.28. The number of benzene rings is 2. The van der Waals surface area contributed by atoms with Crippen LogP contribution in [0.1, 0.15) is 24.2 Å². The fourth-order valence-electron chi connectivity index (χ4n) is 4.47. The van der Waals surface area contributed by atoms with Crippen molar-refractivity contribution in [2.45, 2.75) is 19.1 Å². The van der Waals surface area contributed by atoms with Crippen LogP contribution in [0.15, 0.2) is 45.8 Å². The molecule has 4 rings (SSSR count). The van der Waals surface area contributed by atoms with Gasteiger partial charge < -0.3 is 9.15 Å². The molecule has 0 saturated heterocycles. The van der Waals surface area contributed by atoms with E-state index in [9.17, 15) is 21.2 Å². The number of nitrogens with zero attached hydrogens (tertiary/aromatic N) is 2. The van der Waals surface area contributed by atoms with E-state index in [-0.39, 0.29) is 12.3 Å². The van der Waals surface area contributed by atoms with E-state index in [0.717, 1.165) is 16.8 Å². The quantitative estimate of drug-likeness (QED) is 0.280. The van der Waals surface area contributed by atoms with E-state index in [4.69, 9.17) is 14.0 Å². The summed E-state index contributed by atoms with van der Waals surface area (Å²) in [5.41, 5.74) is 5.00. The van der Waals surface area contributed by atoms with Crippen molar-refractivity contribution in [2.75, 3.05) is 43.3 Å². The van der Waals surface area contributed by atoms with Crippen molar-refractivity contribution in [1.29, 1.82) is 0 Å². The van der Waals surface area contributed by atoms with Crippen LogP contribution in [0, 0.1) is 5.82 Å². The molecule has 0 fully saturated rings. The van der Waals surface area contributed by atoms with Gasteiger partial charge in [-0.3, -0.25) is 14.1 Å². The molecule has 0 unspecified atom stereocenters. The number of aliphatic imine (C=N–C) groups is 1. The summed E-state index contributed by atoms with van der Waals surface area (Å²) in [5, 5.41) is 0.577. The first-order chi connectivity index (χ1) is 17.3. The molecule has 37 heavy (non-hydrogen) atoms. The maximum Gasteiger partial charge on any atom is 0.232 e. The summed E-state index contributed by atoms with van der Waals surface area (Å²) in [6.45, 7) is 1.55. The Kier molecular flexibility index (Phi) is 7.34. The van der Waals surface area contributed by atoms with Gasteiger partial charge in [-0.1, -0.05) is 0 Å².